The van der Waals surface area contributed by atoms with Gasteiger partial charge in [0.25, 0.3) is 0 Å². The van der Waals surface area contributed by atoms with Crippen molar-refractivity contribution < 1.29 is 14.3 Å². The Hall–Kier alpha value is -3.54. The monoisotopic (exact) mass is 457 g/mol. The number of rotatable bonds is 4. The fourth-order valence-corrected chi connectivity index (χ4v) is 4.90. The van der Waals surface area contributed by atoms with Crippen molar-refractivity contribution in [3.8, 4) is 11.9 Å². The van der Waals surface area contributed by atoms with Crippen LogP contribution in [0.3, 0.4) is 0 Å². The van der Waals surface area contributed by atoms with Gasteiger partial charge in [-0.15, -0.1) is 0 Å². The Morgan fingerprint density at radius 1 is 1.26 bits per heavy atom. The van der Waals surface area contributed by atoms with Crippen molar-refractivity contribution in [1.29, 1.82) is 5.26 Å². The first kappa shape index (κ1) is 22.3. The number of benzene rings is 1. The molecule has 0 saturated carbocycles. The molecule has 1 saturated heterocycles. The van der Waals surface area contributed by atoms with Crippen LogP contribution in [0.5, 0.6) is 0 Å². The van der Waals surface area contributed by atoms with E-state index in [4.69, 9.17) is 14.7 Å². The second-order valence-corrected chi connectivity index (χ2v) is 9.68. The molecular weight excluding hydrogens is 430 g/mol. The third kappa shape index (κ3) is 4.09. The van der Waals surface area contributed by atoms with Crippen LogP contribution in [-0.4, -0.2) is 44.3 Å². The number of aromatic nitrogens is 3. The molecule has 8 nitrogen and oxygen atoms in total. The van der Waals surface area contributed by atoms with Crippen LogP contribution in [0.15, 0.2) is 36.8 Å². The molecule has 8 heteroatoms. The third-order valence-electron chi connectivity index (χ3n) is 6.54. The van der Waals surface area contributed by atoms with Gasteiger partial charge >= 0.3 is 5.97 Å². The summed E-state index contributed by atoms with van der Waals surface area (Å²) in [5.41, 5.74) is 5.98. The zero-order chi connectivity index (χ0) is 24.0. The molecule has 1 atom stereocenters. The molecular formula is C26H27N5O3. The normalized spacial score (nSPS) is 19.5. The number of carbonyl (C=O) groups excluding carboxylic acids is 1. The van der Waals surface area contributed by atoms with E-state index in [1.54, 1.807) is 10.9 Å². The number of esters is 1. The van der Waals surface area contributed by atoms with Crippen LogP contribution in [0.1, 0.15) is 63.7 Å². The van der Waals surface area contributed by atoms with Crippen LogP contribution in [0.4, 0.5) is 0 Å². The summed E-state index contributed by atoms with van der Waals surface area (Å²) in [6.07, 6.45) is 5.31. The van der Waals surface area contributed by atoms with Gasteiger partial charge in [-0.2, -0.15) is 10.4 Å². The molecule has 1 fully saturated rings. The molecule has 2 aromatic heterocycles. The predicted octanol–water partition coefficient (Wildman–Crippen LogP) is 3.78. The van der Waals surface area contributed by atoms with Crippen LogP contribution in [0.25, 0.3) is 5.82 Å². The summed E-state index contributed by atoms with van der Waals surface area (Å²) in [5.74, 6) is 0.439. The molecule has 0 amide bonds. The van der Waals surface area contributed by atoms with Gasteiger partial charge in [-0.3, -0.25) is 4.90 Å². The van der Waals surface area contributed by atoms with Gasteiger partial charge < -0.3 is 9.47 Å². The lowest BCUT2D eigenvalue weighted by Crippen LogP contribution is -2.49. The van der Waals surface area contributed by atoms with Crippen LogP contribution >= 0.6 is 0 Å². The Bertz CT molecular complexity index is 1320. The zero-order valence-electron chi connectivity index (χ0n) is 19.8. The number of hydrogen-bond donors (Lipinski definition) is 0. The van der Waals surface area contributed by atoms with Crippen molar-refractivity contribution in [2.75, 3.05) is 13.1 Å². The fourth-order valence-electron chi connectivity index (χ4n) is 4.90. The van der Waals surface area contributed by atoms with Gasteiger partial charge in [0, 0.05) is 43.2 Å². The maximum absolute atomic E-state index is 11.9. The van der Waals surface area contributed by atoms with E-state index >= 15 is 0 Å². The smallest absolute Gasteiger partial charge is 0.338 e. The van der Waals surface area contributed by atoms with Crippen LogP contribution in [-0.2, 0) is 22.6 Å². The van der Waals surface area contributed by atoms with Crippen molar-refractivity contribution in [3.63, 3.8) is 0 Å². The Kier molecular flexibility index (Phi) is 5.47. The van der Waals surface area contributed by atoms with E-state index in [-0.39, 0.29) is 17.7 Å². The fraction of sp³-hybridized carbons (Fsp3) is 0.385. The molecule has 34 heavy (non-hydrogen) atoms. The number of nitriles is 1. The molecule has 2 aliphatic rings. The predicted molar refractivity (Wildman–Crippen MR) is 124 cm³/mol. The van der Waals surface area contributed by atoms with Crippen molar-refractivity contribution in [2.24, 2.45) is 0 Å². The van der Waals surface area contributed by atoms with Crippen molar-refractivity contribution in [3.05, 3.63) is 75.7 Å². The van der Waals surface area contributed by atoms with Crippen molar-refractivity contribution >= 4 is 5.97 Å². The topological polar surface area (TPSA) is 93.3 Å². The second-order valence-electron chi connectivity index (χ2n) is 9.68. The van der Waals surface area contributed by atoms with Gasteiger partial charge in [0.05, 0.1) is 29.0 Å². The first-order chi connectivity index (χ1) is 16.2. The number of pyridine rings is 1. The number of nitrogens with zero attached hydrogens (tertiary/aromatic N) is 5. The summed E-state index contributed by atoms with van der Waals surface area (Å²) in [4.78, 5) is 18.7. The lowest BCUT2D eigenvalue weighted by atomic mass is 9.93. The van der Waals surface area contributed by atoms with E-state index in [1.165, 1.54) is 0 Å². The lowest BCUT2D eigenvalue weighted by molar-refractivity contribution is -0.140. The maximum atomic E-state index is 11.9. The summed E-state index contributed by atoms with van der Waals surface area (Å²) in [6, 6.07) is 7.88. The highest BCUT2D eigenvalue weighted by atomic mass is 16.5. The van der Waals surface area contributed by atoms with Gasteiger partial charge in [0.1, 0.15) is 12.7 Å². The highest BCUT2D eigenvalue weighted by Gasteiger charge is 2.36. The Labute approximate surface area is 198 Å². The van der Waals surface area contributed by atoms with Gasteiger partial charge in [0.15, 0.2) is 5.82 Å². The number of ether oxygens (including phenoxy) is 2. The van der Waals surface area contributed by atoms with Gasteiger partial charge in [-0.1, -0.05) is 6.07 Å². The molecule has 4 heterocycles. The van der Waals surface area contributed by atoms with Crippen molar-refractivity contribution in [2.45, 2.75) is 52.6 Å². The molecule has 0 radical (unpaired) electrons. The minimum atomic E-state index is -0.331. The van der Waals surface area contributed by atoms with Crippen LogP contribution < -0.4 is 0 Å². The summed E-state index contributed by atoms with van der Waals surface area (Å²) in [7, 11) is 0. The SMILES string of the molecule is Cc1cc(-n2cc(CN3C[C@@H](c4ccc5c(c4C)COC5=O)OC(C)(C)C3)cn2)ncc1C#N. The van der Waals surface area contributed by atoms with E-state index < -0.39 is 0 Å². The largest absolute Gasteiger partial charge is 0.457 e. The van der Waals surface area contributed by atoms with Crippen molar-refractivity contribution in [1.82, 2.24) is 19.7 Å². The van der Waals surface area contributed by atoms with Gasteiger partial charge in [0.2, 0.25) is 0 Å². The quantitative estimate of drug-likeness (QED) is 0.551. The minimum Gasteiger partial charge on any atom is -0.457 e. The summed E-state index contributed by atoms with van der Waals surface area (Å²) >= 11 is 0. The summed E-state index contributed by atoms with van der Waals surface area (Å²) in [6.45, 7) is 10.7. The standard InChI is InChI=1S/C26H27N5O3/c1-16-7-24(28-10-19(16)8-27)31-12-18(9-29-31)11-30-13-23(34-26(3,4)15-30)20-5-6-21-22(17(20)2)14-33-25(21)32/h5-7,9-10,12,23H,11,13-15H2,1-4H3/t23-/m0/s1. The Balaban J connectivity index is 1.36. The summed E-state index contributed by atoms with van der Waals surface area (Å²) in [5, 5.41) is 13.6. The molecule has 5 rings (SSSR count). The number of morpholine rings is 1. The molecule has 1 aromatic carbocycles. The third-order valence-corrected chi connectivity index (χ3v) is 6.54. The van der Waals surface area contributed by atoms with E-state index in [0.717, 1.165) is 47.5 Å². The molecule has 3 aromatic rings. The molecule has 0 N–H and O–H groups in total. The van der Waals surface area contributed by atoms with E-state index in [0.29, 0.717) is 23.6 Å². The number of fused-ring (bicyclic) bond motifs is 1. The average Bonchev–Trinajstić information content (AvgIpc) is 3.40. The van der Waals surface area contributed by atoms with Gasteiger partial charge in [-0.05, 0) is 56.5 Å². The van der Waals surface area contributed by atoms with E-state index in [9.17, 15) is 4.79 Å². The highest BCUT2D eigenvalue weighted by Crippen LogP contribution is 2.36. The number of cyclic esters (lactones) is 1. The van der Waals surface area contributed by atoms with Crippen LogP contribution in [0, 0.1) is 25.2 Å². The Morgan fingerprint density at radius 2 is 2.09 bits per heavy atom. The highest BCUT2D eigenvalue weighted by molar-refractivity contribution is 5.93. The molecule has 2 aliphatic heterocycles. The minimum absolute atomic E-state index is 0.109. The maximum Gasteiger partial charge on any atom is 0.338 e. The first-order valence-corrected chi connectivity index (χ1v) is 11.3. The van der Waals surface area contributed by atoms with Gasteiger partial charge in [-0.25, -0.2) is 14.5 Å². The molecule has 0 aliphatic carbocycles. The number of carbonyl (C=O) groups is 1. The molecule has 0 spiro atoms. The van der Waals surface area contributed by atoms with E-state index in [1.807, 2.05) is 44.4 Å². The lowest BCUT2D eigenvalue weighted by Gasteiger charge is -2.43. The average molecular weight is 458 g/mol. The molecule has 0 bridgehead atoms. The second kappa shape index (κ2) is 8.35. The molecule has 0 unspecified atom stereocenters. The molecule has 174 valence electrons. The summed E-state index contributed by atoms with van der Waals surface area (Å²) < 4.78 is 13.5. The Morgan fingerprint density at radius 3 is 2.85 bits per heavy atom. The number of aryl methyl sites for hydroxylation is 1. The number of hydrogen-bond acceptors (Lipinski definition) is 7. The first-order valence-electron chi connectivity index (χ1n) is 11.3. The van der Waals surface area contributed by atoms with Crippen LogP contribution in [0.2, 0.25) is 0 Å². The van der Waals surface area contributed by atoms with E-state index in [2.05, 4.69) is 34.9 Å². The zero-order valence-corrected chi connectivity index (χ0v) is 19.8.